The highest BCUT2D eigenvalue weighted by Crippen LogP contribution is 2.65. The molecule has 1 amide bonds. The van der Waals surface area contributed by atoms with Crippen molar-refractivity contribution in [1.82, 2.24) is 0 Å². The molecule has 5 rings (SSSR count). The molecule has 1 aliphatic heterocycles. The average molecular weight is 515 g/mol. The molecular weight excluding hydrogens is 484 g/mol. The molecule has 2 heterocycles. The van der Waals surface area contributed by atoms with Gasteiger partial charge < -0.3 is 19.1 Å². The first-order chi connectivity index (χ1) is 18.3. The third kappa shape index (κ3) is 3.62. The van der Waals surface area contributed by atoms with Gasteiger partial charge in [-0.25, -0.2) is 0 Å². The van der Waals surface area contributed by atoms with E-state index in [1.54, 1.807) is 50.2 Å². The maximum Gasteiger partial charge on any atom is 0.312 e. The highest BCUT2D eigenvalue weighted by molar-refractivity contribution is 6.20. The molecule has 0 saturated heterocycles. The number of nitrogens with zero attached hydrogens (tertiary/aromatic N) is 2. The minimum absolute atomic E-state index is 0.0739. The number of anilines is 1. The normalized spacial score (nSPS) is 30.8. The van der Waals surface area contributed by atoms with Crippen LogP contribution < -0.4 is 5.01 Å². The van der Waals surface area contributed by atoms with Gasteiger partial charge in [-0.05, 0) is 50.6 Å². The maximum absolute atomic E-state index is 14.8. The van der Waals surface area contributed by atoms with Gasteiger partial charge in [0.1, 0.15) is 17.5 Å². The van der Waals surface area contributed by atoms with E-state index in [4.69, 9.17) is 14.3 Å². The van der Waals surface area contributed by atoms with E-state index in [1.165, 1.54) is 18.2 Å². The Hall–Kier alpha value is -4.04. The summed E-state index contributed by atoms with van der Waals surface area (Å²) in [5, 5.41) is 18.1. The third-order valence-electron chi connectivity index (χ3n) is 8.07. The number of aliphatic hydroxyl groups is 1. The van der Waals surface area contributed by atoms with E-state index in [0.29, 0.717) is 29.0 Å². The van der Waals surface area contributed by atoms with E-state index in [0.717, 1.165) is 0 Å². The molecule has 1 fully saturated rings. The van der Waals surface area contributed by atoms with Gasteiger partial charge in [-0.15, -0.1) is 0 Å². The summed E-state index contributed by atoms with van der Waals surface area (Å²) in [6, 6.07) is 21.5. The van der Waals surface area contributed by atoms with Crippen LogP contribution in [-0.4, -0.2) is 41.2 Å². The number of carbonyl (C=O) groups excluding carboxylic acids is 3. The Labute approximate surface area is 220 Å². The van der Waals surface area contributed by atoms with Crippen LogP contribution in [0.15, 0.2) is 88.6 Å². The molecule has 0 radical (unpaired) electrons. The second-order valence-electron chi connectivity index (χ2n) is 10.0. The van der Waals surface area contributed by atoms with Crippen LogP contribution >= 0.6 is 0 Å². The molecule has 8 nitrogen and oxygen atoms in total. The number of hydrazone groups is 1. The largest absolute Gasteiger partial charge is 0.469 e. The number of hydrogen-bond acceptors (Lipinski definition) is 7. The number of carbonyl (C=O) groups is 3. The number of amides is 1. The van der Waals surface area contributed by atoms with Gasteiger partial charge in [0.25, 0.3) is 5.91 Å². The summed E-state index contributed by atoms with van der Waals surface area (Å²) < 4.78 is 11.3. The quantitative estimate of drug-likeness (QED) is 0.388. The second-order valence-corrected chi connectivity index (χ2v) is 10.0. The smallest absolute Gasteiger partial charge is 0.312 e. The fourth-order valence-electron chi connectivity index (χ4n) is 6.50. The van der Waals surface area contributed by atoms with Crippen molar-refractivity contribution in [3.05, 3.63) is 90.4 Å². The molecule has 1 aliphatic carbocycles. The summed E-state index contributed by atoms with van der Waals surface area (Å²) in [5.74, 6) is -5.06. The fourth-order valence-corrected chi connectivity index (χ4v) is 6.50. The zero-order valence-electron chi connectivity index (χ0n) is 21.5. The van der Waals surface area contributed by atoms with Crippen molar-refractivity contribution < 1.29 is 28.6 Å². The molecular formula is C30H30N2O6. The van der Waals surface area contributed by atoms with Crippen molar-refractivity contribution in [3.63, 3.8) is 0 Å². The number of aldehydes is 1. The van der Waals surface area contributed by atoms with Crippen LogP contribution in [0.1, 0.15) is 43.9 Å². The molecule has 2 aromatic carbocycles. The SMILES string of the molecule is CCOC(=O)[C@H]1[C@H](c2ccccc2)[C@@]2(C(=O)N(c3ccccc3)N=C2C)[C@H](c2ccco2)[C@@H](C=O)[C@@]1(C)O. The van der Waals surface area contributed by atoms with E-state index in [-0.39, 0.29) is 6.61 Å². The summed E-state index contributed by atoms with van der Waals surface area (Å²) in [7, 11) is 0. The first-order valence-electron chi connectivity index (χ1n) is 12.7. The van der Waals surface area contributed by atoms with Crippen molar-refractivity contribution in [2.24, 2.45) is 22.4 Å². The van der Waals surface area contributed by atoms with E-state index in [9.17, 15) is 19.5 Å². The first-order valence-corrected chi connectivity index (χ1v) is 12.7. The minimum Gasteiger partial charge on any atom is -0.469 e. The molecule has 1 aromatic heterocycles. The number of hydrogen-bond donors (Lipinski definition) is 1. The summed E-state index contributed by atoms with van der Waals surface area (Å²) in [5.41, 5.74) is -1.81. The Bertz CT molecular complexity index is 1350. The Morgan fingerprint density at radius 3 is 2.32 bits per heavy atom. The average Bonchev–Trinajstić information content (AvgIpc) is 3.53. The van der Waals surface area contributed by atoms with Crippen LogP contribution in [0, 0.1) is 17.3 Å². The molecule has 0 unspecified atom stereocenters. The predicted octanol–water partition coefficient (Wildman–Crippen LogP) is 4.32. The van der Waals surface area contributed by atoms with Crippen molar-refractivity contribution in [1.29, 1.82) is 0 Å². The van der Waals surface area contributed by atoms with Crippen LogP contribution in [-0.2, 0) is 19.1 Å². The Kier molecular flexibility index (Phi) is 6.53. The van der Waals surface area contributed by atoms with Gasteiger partial charge in [0, 0.05) is 11.8 Å². The van der Waals surface area contributed by atoms with Gasteiger partial charge in [-0.3, -0.25) is 9.59 Å². The number of furan rings is 1. The van der Waals surface area contributed by atoms with Crippen molar-refractivity contribution in [2.45, 2.75) is 38.2 Å². The molecule has 38 heavy (non-hydrogen) atoms. The summed E-state index contributed by atoms with van der Waals surface area (Å²) >= 11 is 0. The molecule has 2 aliphatic rings. The molecule has 0 bridgehead atoms. The second kappa shape index (κ2) is 9.68. The molecule has 1 spiro atoms. The van der Waals surface area contributed by atoms with Gasteiger partial charge in [0.15, 0.2) is 0 Å². The lowest BCUT2D eigenvalue weighted by Gasteiger charge is -2.56. The van der Waals surface area contributed by atoms with Crippen LogP contribution in [0.2, 0.25) is 0 Å². The maximum atomic E-state index is 14.8. The van der Waals surface area contributed by atoms with Gasteiger partial charge in [-0.1, -0.05) is 48.5 Å². The van der Waals surface area contributed by atoms with Gasteiger partial charge in [-0.2, -0.15) is 10.1 Å². The number of rotatable bonds is 6. The molecule has 6 atom stereocenters. The summed E-state index contributed by atoms with van der Waals surface area (Å²) in [6.45, 7) is 4.95. The topological polar surface area (TPSA) is 109 Å². The Morgan fingerprint density at radius 2 is 1.74 bits per heavy atom. The van der Waals surface area contributed by atoms with Crippen LogP contribution in [0.5, 0.6) is 0 Å². The Balaban J connectivity index is 1.86. The standard InChI is InChI=1S/C30H30N2O6/c1-4-37-27(34)26-24(20-12-7-5-8-13-20)30(19(2)31-32(28(30)35)21-14-9-6-10-15-21)25(23-16-11-17-38-23)22(18-33)29(26,3)36/h5-18,22,24-26,36H,4H2,1-3H3/t22-,24+,25+,26-,29-,30-/m1/s1. The summed E-state index contributed by atoms with van der Waals surface area (Å²) in [4.78, 5) is 41.3. The molecule has 196 valence electrons. The van der Waals surface area contributed by atoms with Gasteiger partial charge in [0.2, 0.25) is 0 Å². The molecule has 1 N–H and O–H groups in total. The zero-order valence-corrected chi connectivity index (χ0v) is 21.5. The van der Waals surface area contributed by atoms with Crippen molar-refractivity contribution in [3.8, 4) is 0 Å². The monoisotopic (exact) mass is 514 g/mol. The zero-order chi connectivity index (χ0) is 27.1. The first kappa shape index (κ1) is 25.6. The minimum atomic E-state index is -1.88. The molecule has 1 saturated carbocycles. The van der Waals surface area contributed by atoms with E-state index in [1.807, 2.05) is 36.4 Å². The lowest BCUT2D eigenvalue weighted by molar-refractivity contribution is -0.180. The van der Waals surface area contributed by atoms with Crippen molar-refractivity contribution >= 4 is 29.6 Å². The van der Waals surface area contributed by atoms with Crippen LogP contribution in [0.25, 0.3) is 0 Å². The fraction of sp³-hybridized carbons (Fsp3) is 0.333. The number of esters is 1. The lowest BCUT2D eigenvalue weighted by atomic mass is 9.45. The van der Waals surface area contributed by atoms with Crippen LogP contribution in [0.4, 0.5) is 5.69 Å². The van der Waals surface area contributed by atoms with Gasteiger partial charge >= 0.3 is 5.97 Å². The Morgan fingerprint density at radius 1 is 1.08 bits per heavy atom. The van der Waals surface area contributed by atoms with E-state index >= 15 is 0 Å². The third-order valence-corrected chi connectivity index (χ3v) is 8.07. The highest BCUT2D eigenvalue weighted by atomic mass is 16.5. The van der Waals surface area contributed by atoms with E-state index in [2.05, 4.69) is 0 Å². The highest BCUT2D eigenvalue weighted by Gasteiger charge is 2.73. The number of benzene rings is 2. The predicted molar refractivity (Wildman–Crippen MR) is 140 cm³/mol. The lowest BCUT2D eigenvalue weighted by Crippen LogP contribution is -2.66. The number of ether oxygens (including phenoxy) is 1. The number of para-hydroxylation sites is 1. The van der Waals surface area contributed by atoms with Gasteiger partial charge in [0.05, 0.1) is 41.7 Å². The van der Waals surface area contributed by atoms with E-state index < -0.39 is 46.6 Å². The van der Waals surface area contributed by atoms with Crippen LogP contribution in [0.3, 0.4) is 0 Å². The molecule has 8 heteroatoms. The van der Waals surface area contributed by atoms with Crippen molar-refractivity contribution in [2.75, 3.05) is 11.6 Å². The molecule has 3 aromatic rings. The summed E-state index contributed by atoms with van der Waals surface area (Å²) in [6.07, 6.45) is 2.09.